The van der Waals surface area contributed by atoms with E-state index in [-0.39, 0.29) is 11.7 Å². The molecule has 0 spiro atoms. The maximum atomic E-state index is 12.2. The van der Waals surface area contributed by atoms with Gasteiger partial charge in [0.15, 0.2) is 0 Å². The first-order valence-corrected chi connectivity index (χ1v) is 9.29. The predicted molar refractivity (Wildman–Crippen MR) is 108 cm³/mol. The van der Waals surface area contributed by atoms with E-state index in [4.69, 9.17) is 0 Å². The van der Waals surface area contributed by atoms with Crippen molar-refractivity contribution < 1.29 is 4.79 Å². The Morgan fingerprint density at radius 1 is 1.07 bits per heavy atom. The Bertz CT molecular complexity index is 1190. The maximum Gasteiger partial charge on any atom is 0.234 e. The number of fused-ring (bicyclic) bond motifs is 2. The molecule has 0 aliphatic rings. The number of carbonyl (C=O) groups is 1. The maximum absolute atomic E-state index is 12.2. The summed E-state index contributed by atoms with van der Waals surface area (Å²) in [5.74, 6) is 0.0128. The number of amides is 1. The molecule has 0 radical (unpaired) electrons. The van der Waals surface area contributed by atoms with E-state index in [1.54, 1.807) is 6.20 Å². The Balaban J connectivity index is 1.61. The van der Waals surface area contributed by atoms with Crippen LogP contribution < -0.4 is 5.32 Å². The van der Waals surface area contributed by atoms with Gasteiger partial charge in [0.25, 0.3) is 0 Å². The SMILES string of the molecule is N#Cc1c(SCC(=O)Nc2ccccc2)ncc2cc3ccccc3nc12. The van der Waals surface area contributed by atoms with Crippen LogP contribution in [0.1, 0.15) is 5.56 Å². The van der Waals surface area contributed by atoms with Crippen LogP contribution in [0.25, 0.3) is 21.8 Å². The molecule has 5 nitrogen and oxygen atoms in total. The zero-order chi connectivity index (χ0) is 18.6. The minimum absolute atomic E-state index is 0.150. The molecule has 0 unspecified atom stereocenters. The summed E-state index contributed by atoms with van der Waals surface area (Å²) < 4.78 is 0. The van der Waals surface area contributed by atoms with E-state index in [0.29, 0.717) is 16.1 Å². The highest BCUT2D eigenvalue weighted by atomic mass is 32.2. The second-order valence-electron chi connectivity index (χ2n) is 5.87. The van der Waals surface area contributed by atoms with E-state index >= 15 is 0 Å². The van der Waals surface area contributed by atoms with Gasteiger partial charge in [0.05, 0.1) is 16.8 Å². The number of nitriles is 1. The van der Waals surface area contributed by atoms with Crippen molar-refractivity contribution in [1.82, 2.24) is 9.97 Å². The molecule has 0 fully saturated rings. The van der Waals surface area contributed by atoms with Crippen LogP contribution in [-0.4, -0.2) is 21.6 Å². The lowest BCUT2D eigenvalue weighted by molar-refractivity contribution is -0.113. The number of hydrogen-bond acceptors (Lipinski definition) is 5. The molecule has 2 heterocycles. The van der Waals surface area contributed by atoms with Gasteiger partial charge in [0.2, 0.25) is 5.91 Å². The Morgan fingerprint density at radius 3 is 2.67 bits per heavy atom. The van der Waals surface area contributed by atoms with Gasteiger partial charge >= 0.3 is 0 Å². The number of nitrogens with one attached hydrogen (secondary N) is 1. The summed E-state index contributed by atoms with van der Waals surface area (Å²) in [6.45, 7) is 0. The van der Waals surface area contributed by atoms with Crippen molar-refractivity contribution in [3.8, 4) is 6.07 Å². The van der Waals surface area contributed by atoms with E-state index < -0.39 is 0 Å². The Labute approximate surface area is 160 Å². The molecule has 0 aliphatic heterocycles. The number of pyridine rings is 2. The number of para-hydroxylation sites is 2. The first-order valence-electron chi connectivity index (χ1n) is 8.31. The fourth-order valence-electron chi connectivity index (χ4n) is 2.79. The van der Waals surface area contributed by atoms with Crippen molar-refractivity contribution >= 4 is 45.2 Å². The highest BCUT2D eigenvalue weighted by Gasteiger charge is 2.14. The lowest BCUT2D eigenvalue weighted by atomic mass is 10.1. The summed E-state index contributed by atoms with van der Waals surface area (Å²) in [5, 5.41) is 14.8. The molecule has 1 N–H and O–H groups in total. The second-order valence-corrected chi connectivity index (χ2v) is 6.84. The number of anilines is 1. The van der Waals surface area contributed by atoms with Gasteiger partial charge in [-0.2, -0.15) is 5.26 Å². The van der Waals surface area contributed by atoms with Gasteiger partial charge in [0.1, 0.15) is 16.7 Å². The van der Waals surface area contributed by atoms with Crippen LogP contribution in [0.5, 0.6) is 0 Å². The lowest BCUT2D eigenvalue weighted by Crippen LogP contribution is -2.14. The molecule has 0 atom stereocenters. The van der Waals surface area contributed by atoms with Crippen molar-refractivity contribution in [1.29, 1.82) is 5.26 Å². The van der Waals surface area contributed by atoms with Crippen molar-refractivity contribution in [2.24, 2.45) is 0 Å². The topological polar surface area (TPSA) is 78.7 Å². The average Bonchev–Trinajstić information content (AvgIpc) is 2.71. The minimum Gasteiger partial charge on any atom is -0.325 e. The van der Waals surface area contributed by atoms with Gasteiger partial charge in [-0.05, 0) is 24.3 Å². The van der Waals surface area contributed by atoms with Crippen LogP contribution in [0.4, 0.5) is 5.69 Å². The molecular weight excluding hydrogens is 356 g/mol. The first-order chi connectivity index (χ1) is 13.2. The molecule has 4 aromatic rings. The Morgan fingerprint density at radius 2 is 1.85 bits per heavy atom. The van der Waals surface area contributed by atoms with Crippen molar-refractivity contribution in [2.45, 2.75) is 5.03 Å². The number of thioether (sulfide) groups is 1. The summed E-state index contributed by atoms with van der Waals surface area (Å²) in [4.78, 5) is 21.2. The summed E-state index contributed by atoms with van der Waals surface area (Å²) in [5.41, 5.74) is 2.57. The van der Waals surface area contributed by atoms with Crippen LogP contribution in [-0.2, 0) is 4.79 Å². The Kier molecular flexibility index (Phi) is 4.69. The van der Waals surface area contributed by atoms with E-state index in [0.717, 1.165) is 22.0 Å². The fraction of sp³-hybridized carbons (Fsp3) is 0.0476. The molecule has 2 aromatic carbocycles. The monoisotopic (exact) mass is 370 g/mol. The van der Waals surface area contributed by atoms with Crippen LogP contribution in [0.2, 0.25) is 0 Å². The summed E-state index contributed by atoms with van der Waals surface area (Å²) in [6.07, 6.45) is 1.70. The molecule has 0 saturated carbocycles. The van der Waals surface area contributed by atoms with Gasteiger partial charge in [-0.1, -0.05) is 48.2 Å². The molecular formula is C21H14N4OS. The van der Waals surface area contributed by atoms with E-state index in [1.807, 2.05) is 60.7 Å². The minimum atomic E-state index is -0.150. The molecule has 130 valence electrons. The van der Waals surface area contributed by atoms with Crippen molar-refractivity contribution in [3.63, 3.8) is 0 Å². The van der Waals surface area contributed by atoms with Gasteiger partial charge < -0.3 is 5.32 Å². The first kappa shape index (κ1) is 17.0. The van der Waals surface area contributed by atoms with Crippen LogP contribution >= 0.6 is 11.8 Å². The average molecular weight is 370 g/mol. The van der Waals surface area contributed by atoms with Crippen LogP contribution in [0, 0.1) is 11.3 Å². The normalized spacial score (nSPS) is 10.6. The highest BCUT2D eigenvalue weighted by Crippen LogP contribution is 2.28. The van der Waals surface area contributed by atoms with Gasteiger partial charge in [-0.25, -0.2) is 9.97 Å². The summed E-state index contributed by atoms with van der Waals surface area (Å²) in [6, 6.07) is 21.2. The Hall–Kier alpha value is -3.43. The number of aromatic nitrogens is 2. The van der Waals surface area contributed by atoms with Crippen molar-refractivity contribution in [3.05, 3.63) is 72.4 Å². The molecule has 0 aliphatic carbocycles. The highest BCUT2D eigenvalue weighted by molar-refractivity contribution is 8.00. The zero-order valence-corrected chi connectivity index (χ0v) is 15.0. The van der Waals surface area contributed by atoms with E-state index in [9.17, 15) is 10.1 Å². The molecule has 4 rings (SSSR count). The van der Waals surface area contributed by atoms with E-state index in [2.05, 4.69) is 21.4 Å². The predicted octanol–water partition coefficient (Wildman–Crippen LogP) is 4.39. The third-order valence-electron chi connectivity index (χ3n) is 4.03. The molecule has 0 saturated heterocycles. The molecule has 1 amide bonds. The molecule has 6 heteroatoms. The standard InChI is InChI=1S/C21H14N4OS/c22-11-17-20-15(10-14-6-4-5-9-18(14)25-20)12-23-21(17)27-13-19(26)24-16-7-2-1-3-8-16/h1-10,12H,13H2,(H,24,26). The summed E-state index contributed by atoms with van der Waals surface area (Å²) in [7, 11) is 0. The van der Waals surface area contributed by atoms with Crippen molar-refractivity contribution in [2.75, 3.05) is 11.1 Å². The smallest absolute Gasteiger partial charge is 0.234 e. The number of rotatable bonds is 4. The van der Waals surface area contributed by atoms with Crippen LogP contribution in [0.15, 0.2) is 71.9 Å². The van der Waals surface area contributed by atoms with Gasteiger partial charge in [0, 0.05) is 22.7 Å². The number of carbonyl (C=O) groups excluding carboxylic acids is 1. The number of hydrogen-bond donors (Lipinski definition) is 1. The fourth-order valence-corrected chi connectivity index (χ4v) is 3.54. The van der Waals surface area contributed by atoms with E-state index in [1.165, 1.54) is 11.8 Å². The summed E-state index contributed by atoms with van der Waals surface area (Å²) >= 11 is 1.23. The molecule has 2 aromatic heterocycles. The zero-order valence-electron chi connectivity index (χ0n) is 14.2. The van der Waals surface area contributed by atoms with Gasteiger partial charge in [-0.3, -0.25) is 4.79 Å². The second kappa shape index (κ2) is 7.44. The number of nitrogens with zero attached hydrogens (tertiary/aromatic N) is 3. The quantitative estimate of drug-likeness (QED) is 0.426. The molecule has 0 bridgehead atoms. The lowest BCUT2D eigenvalue weighted by Gasteiger charge is -2.08. The van der Waals surface area contributed by atoms with Crippen LogP contribution in [0.3, 0.4) is 0 Å². The number of benzene rings is 2. The largest absolute Gasteiger partial charge is 0.325 e. The third-order valence-corrected chi connectivity index (χ3v) is 5.02. The van der Waals surface area contributed by atoms with Gasteiger partial charge in [-0.15, -0.1) is 0 Å². The third kappa shape index (κ3) is 3.59. The molecule has 27 heavy (non-hydrogen) atoms.